The van der Waals surface area contributed by atoms with Gasteiger partial charge in [0.2, 0.25) is 0 Å². The molecule has 25 heavy (non-hydrogen) atoms. The van der Waals surface area contributed by atoms with Crippen molar-refractivity contribution in [2.45, 2.75) is 6.42 Å². The third-order valence-electron chi connectivity index (χ3n) is 5.62. The lowest BCUT2D eigenvalue weighted by atomic mass is 9.93. The van der Waals surface area contributed by atoms with Gasteiger partial charge in [0.25, 0.3) is 0 Å². The lowest BCUT2D eigenvalue weighted by Crippen LogP contribution is -2.07. The summed E-state index contributed by atoms with van der Waals surface area (Å²) in [7, 11) is 0. The second-order valence-corrected chi connectivity index (χ2v) is 6.92. The maximum absolute atomic E-state index is 2.34. The Kier molecular flexibility index (Phi) is 2.48. The summed E-state index contributed by atoms with van der Waals surface area (Å²) in [4.78, 5) is 0. The standard InChI is InChI=1S/C25H16/c1-3-7-18-16(5-1)9-10-22-20(18)11-14-24-23(22)13-12-21-19-8-4-2-6-17(19)15-25(21)24/h2-15H,1H2. The van der Waals surface area contributed by atoms with Crippen LogP contribution in [-0.4, -0.2) is 0 Å². The zero-order valence-corrected chi connectivity index (χ0v) is 13.8. The molecule has 0 unspecified atom stereocenters. The predicted octanol–water partition coefficient (Wildman–Crippen LogP) is 4.62. The van der Waals surface area contributed by atoms with Crippen molar-refractivity contribution in [3.05, 3.63) is 98.7 Å². The summed E-state index contributed by atoms with van der Waals surface area (Å²) >= 11 is 0. The molecule has 0 fully saturated rings. The number of hydrogen-bond donors (Lipinski definition) is 0. The van der Waals surface area contributed by atoms with Gasteiger partial charge in [-0.1, -0.05) is 78.9 Å². The molecule has 6 rings (SSSR count). The average molecular weight is 316 g/mol. The minimum atomic E-state index is 1.03. The van der Waals surface area contributed by atoms with Crippen LogP contribution >= 0.6 is 0 Å². The zero-order chi connectivity index (χ0) is 16.4. The van der Waals surface area contributed by atoms with Gasteiger partial charge in [-0.05, 0) is 66.0 Å². The van der Waals surface area contributed by atoms with Gasteiger partial charge >= 0.3 is 0 Å². The van der Waals surface area contributed by atoms with Gasteiger partial charge in [0, 0.05) is 0 Å². The molecule has 0 aromatic heterocycles. The first-order valence-electron chi connectivity index (χ1n) is 8.86. The van der Waals surface area contributed by atoms with Crippen LogP contribution in [0.5, 0.6) is 0 Å². The highest BCUT2D eigenvalue weighted by molar-refractivity contribution is 6.12. The number of fused-ring (bicyclic) bond motifs is 8. The molecule has 0 atom stereocenters. The molecule has 0 amide bonds. The summed E-state index contributed by atoms with van der Waals surface area (Å²) in [5.41, 5.74) is 2.72. The molecule has 0 N–H and O–H groups in total. The van der Waals surface area contributed by atoms with Gasteiger partial charge in [0.15, 0.2) is 0 Å². The highest BCUT2D eigenvalue weighted by Crippen LogP contribution is 2.31. The van der Waals surface area contributed by atoms with E-state index in [1.807, 2.05) is 0 Å². The minimum absolute atomic E-state index is 1.03. The van der Waals surface area contributed by atoms with Crippen molar-refractivity contribution in [2.24, 2.45) is 0 Å². The predicted molar refractivity (Wildman–Crippen MR) is 107 cm³/mol. The van der Waals surface area contributed by atoms with Crippen LogP contribution in [0.3, 0.4) is 0 Å². The smallest absolute Gasteiger partial charge is 0.00928 e. The van der Waals surface area contributed by atoms with E-state index in [1.165, 1.54) is 53.5 Å². The highest BCUT2D eigenvalue weighted by Gasteiger charge is 2.11. The van der Waals surface area contributed by atoms with Crippen molar-refractivity contribution >= 4 is 39.8 Å². The van der Waals surface area contributed by atoms with E-state index in [4.69, 9.17) is 0 Å². The Morgan fingerprint density at radius 1 is 0.560 bits per heavy atom. The second-order valence-electron chi connectivity index (χ2n) is 6.92. The second kappa shape index (κ2) is 4.70. The molecular weight excluding hydrogens is 300 g/mol. The van der Waals surface area contributed by atoms with E-state index in [9.17, 15) is 0 Å². The molecule has 0 spiro atoms. The summed E-state index contributed by atoms with van der Waals surface area (Å²) in [6, 6.07) is 22.4. The zero-order valence-electron chi connectivity index (χ0n) is 13.8. The summed E-state index contributed by atoms with van der Waals surface area (Å²) < 4.78 is 0. The molecule has 0 heterocycles. The molecule has 0 saturated heterocycles. The molecule has 0 radical (unpaired) electrons. The van der Waals surface area contributed by atoms with E-state index in [0.29, 0.717) is 0 Å². The summed E-state index contributed by atoms with van der Waals surface area (Å²) in [5, 5.41) is 10.8. The van der Waals surface area contributed by atoms with Crippen molar-refractivity contribution < 1.29 is 0 Å². The van der Waals surface area contributed by atoms with E-state index in [-0.39, 0.29) is 0 Å². The van der Waals surface area contributed by atoms with Gasteiger partial charge in [-0.3, -0.25) is 0 Å². The molecule has 0 heteroatoms. The van der Waals surface area contributed by atoms with Gasteiger partial charge in [0.1, 0.15) is 0 Å². The first-order chi connectivity index (χ1) is 12.4. The third kappa shape index (κ3) is 1.71. The van der Waals surface area contributed by atoms with Crippen molar-refractivity contribution in [1.29, 1.82) is 0 Å². The summed E-state index contributed by atoms with van der Waals surface area (Å²) in [6.07, 6.45) is 10.2. The van der Waals surface area contributed by atoms with E-state index < -0.39 is 0 Å². The number of benzene rings is 4. The van der Waals surface area contributed by atoms with Crippen LogP contribution < -0.4 is 10.4 Å². The Hall–Kier alpha value is -3.12. The molecule has 4 aromatic rings. The number of hydrogen-bond acceptors (Lipinski definition) is 0. The molecule has 2 aliphatic rings. The molecule has 2 aliphatic carbocycles. The van der Waals surface area contributed by atoms with Crippen LogP contribution in [0, 0.1) is 10.4 Å². The third-order valence-corrected chi connectivity index (χ3v) is 5.62. The molecule has 0 bridgehead atoms. The lowest BCUT2D eigenvalue weighted by Gasteiger charge is -2.11. The molecule has 0 saturated carbocycles. The van der Waals surface area contributed by atoms with Crippen molar-refractivity contribution in [2.75, 3.05) is 0 Å². The number of rotatable bonds is 0. The topological polar surface area (TPSA) is 0 Å². The Morgan fingerprint density at radius 2 is 1.32 bits per heavy atom. The minimum Gasteiger partial charge on any atom is -0.0801 e. The average Bonchev–Trinajstić information content (AvgIpc) is 3.06. The highest BCUT2D eigenvalue weighted by atomic mass is 14.1. The summed E-state index contributed by atoms with van der Waals surface area (Å²) in [6.45, 7) is 0. The maximum atomic E-state index is 2.34. The van der Waals surface area contributed by atoms with Crippen LogP contribution in [0.15, 0.2) is 66.7 Å². The van der Waals surface area contributed by atoms with Crippen molar-refractivity contribution in [1.82, 2.24) is 0 Å². The summed E-state index contributed by atoms with van der Waals surface area (Å²) in [5.74, 6) is 0. The lowest BCUT2D eigenvalue weighted by molar-refractivity contribution is 1.43. The van der Waals surface area contributed by atoms with E-state index >= 15 is 0 Å². The molecular formula is C25H16. The molecule has 0 nitrogen and oxygen atoms in total. The van der Waals surface area contributed by atoms with E-state index in [0.717, 1.165) is 6.42 Å². The Labute approximate surface area is 145 Å². The first kappa shape index (κ1) is 13.2. The fourth-order valence-electron chi connectivity index (χ4n) is 4.44. The van der Waals surface area contributed by atoms with Crippen LogP contribution in [0.2, 0.25) is 0 Å². The normalized spacial score (nSPS) is 13.9. The largest absolute Gasteiger partial charge is 0.0801 e. The monoisotopic (exact) mass is 316 g/mol. The van der Waals surface area contributed by atoms with E-state index in [1.54, 1.807) is 0 Å². The fraction of sp³-hybridized carbons (Fsp3) is 0.0400. The molecule has 4 aromatic carbocycles. The van der Waals surface area contributed by atoms with Gasteiger partial charge in [-0.15, -0.1) is 0 Å². The Balaban J connectivity index is 1.82. The van der Waals surface area contributed by atoms with Crippen LogP contribution in [0.25, 0.3) is 39.8 Å². The maximum Gasteiger partial charge on any atom is -0.00928 e. The van der Waals surface area contributed by atoms with Crippen LogP contribution in [-0.2, 0) is 0 Å². The van der Waals surface area contributed by atoms with Crippen molar-refractivity contribution in [3.63, 3.8) is 0 Å². The van der Waals surface area contributed by atoms with Gasteiger partial charge < -0.3 is 0 Å². The quantitative estimate of drug-likeness (QED) is 0.366. The Morgan fingerprint density at radius 3 is 2.24 bits per heavy atom. The number of allylic oxidation sites excluding steroid dienone is 1. The fourth-order valence-corrected chi connectivity index (χ4v) is 4.44. The Bertz CT molecular complexity index is 1450. The van der Waals surface area contributed by atoms with Crippen LogP contribution in [0.4, 0.5) is 0 Å². The van der Waals surface area contributed by atoms with Gasteiger partial charge in [-0.25, -0.2) is 0 Å². The van der Waals surface area contributed by atoms with Crippen LogP contribution in [0.1, 0.15) is 17.5 Å². The van der Waals surface area contributed by atoms with E-state index in [2.05, 4.69) is 85.0 Å². The molecule has 116 valence electrons. The van der Waals surface area contributed by atoms with Gasteiger partial charge in [-0.2, -0.15) is 0 Å². The molecule has 0 aliphatic heterocycles. The van der Waals surface area contributed by atoms with Gasteiger partial charge in [0.05, 0.1) is 0 Å². The SMILES string of the molecule is C1=Cc2c(ccc3c2ccc2c4c(ccc23)=c2ccccc2=C4)=CC1. The first-order valence-corrected chi connectivity index (χ1v) is 8.86. The van der Waals surface area contributed by atoms with Crippen molar-refractivity contribution in [3.8, 4) is 0 Å².